The average molecular weight is 338 g/mol. The van der Waals surface area contributed by atoms with Gasteiger partial charge in [-0.3, -0.25) is 0 Å². The fraction of sp³-hybridized carbons (Fsp3) is 0.647. The molecule has 1 N–H and O–H groups in total. The van der Waals surface area contributed by atoms with E-state index < -0.39 is 0 Å². The molecule has 3 atom stereocenters. The van der Waals surface area contributed by atoms with Crippen LogP contribution < -0.4 is 10.1 Å². The van der Waals surface area contributed by atoms with Crippen molar-refractivity contribution >= 4 is 17.0 Å². The van der Waals surface area contributed by atoms with E-state index >= 15 is 0 Å². The maximum atomic E-state index is 5.48. The largest absolute Gasteiger partial charge is 0.497 e. The minimum absolute atomic E-state index is 0. The first-order chi connectivity index (χ1) is 9.33. The zero-order valence-electron chi connectivity index (χ0n) is 12.2. The topological polar surface area (TPSA) is 21.3 Å². The highest BCUT2D eigenvalue weighted by atomic mass is 79.9. The van der Waals surface area contributed by atoms with Crippen molar-refractivity contribution in [1.82, 2.24) is 5.32 Å². The molecule has 20 heavy (non-hydrogen) atoms. The number of hydrogen-bond acceptors (Lipinski definition) is 2. The van der Waals surface area contributed by atoms with Crippen LogP contribution in [0.3, 0.4) is 0 Å². The van der Waals surface area contributed by atoms with E-state index in [0.29, 0.717) is 5.41 Å². The van der Waals surface area contributed by atoms with E-state index in [-0.39, 0.29) is 17.0 Å². The first-order valence-electron chi connectivity index (χ1n) is 7.74. The first-order valence-corrected chi connectivity index (χ1v) is 7.74. The van der Waals surface area contributed by atoms with Gasteiger partial charge in [0.1, 0.15) is 5.75 Å². The van der Waals surface area contributed by atoms with Crippen LogP contribution in [0.2, 0.25) is 0 Å². The Hall–Kier alpha value is -0.540. The molecule has 0 amide bonds. The predicted octanol–water partition coefficient (Wildman–Crippen LogP) is 3.62. The van der Waals surface area contributed by atoms with Crippen molar-refractivity contribution in [3.63, 3.8) is 0 Å². The number of benzene rings is 1. The van der Waals surface area contributed by atoms with Crippen molar-refractivity contribution < 1.29 is 4.74 Å². The number of methoxy groups -OCH3 is 1. The van der Waals surface area contributed by atoms with E-state index in [2.05, 4.69) is 23.5 Å². The molecular weight excluding hydrogens is 314 g/mol. The molecule has 4 rings (SSSR count). The standard InChI is InChI=1S/C17H23NO.BrH/c1-19-13-6-5-12-10-16-14-4-2-3-7-17(14,8-9-18-16)15(12)11-13;/h5-6,11,14,16,18H,2-4,7-10H2,1H3;1H/t14?,16-,17-;/m1./s1. The normalized spacial score (nSPS) is 34.5. The van der Waals surface area contributed by atoms with E-state index in [9.17, 15) is 0 Å². The quantitative estimate of drug-likeness (QED) is 0.845. The molecular formula is C17H24BrNO. The molecule has 1 aliphatic heterocycles. The molecule has 110 valence electrons. The van der Waals surface area contributed by atoms with Gasteiger partial charge >= 0.3 is 0 Å². The van der Waals surface area contributed by atoms with Crippen molar-refractivity contribution in [3.8, 4) is 5.75 Å². The maximum Gasteiger partial charge on any atom is 0.119 e. The van der Waals surface area contributed by atoms with Gasteiger partial charge in [-0.1, -0.05) is 18.9 Å². The second-order valence-electron chi connectivity index (χ2n) is 6.55. The minimum atomic E-state index is 0. The first kappa shape index (κ1) is 14.4. The number of nitrogens with one attached hydrogen (secondary N) is 1. The molecule has 0 spiro atoms. The maximum absolute atomic E-state index is 5.48. The van der Waals surface area contributed by atoms with Crippen LogP contribution in [0.1, 0.15) is 43.2 Å². The van der Waals surface area contributed by atoms with E-state index in [1.807, 2.05) is 0 Å². The Bertz CT molecular complexity index is 500. The zero-order chi connectivity index (χ0) is 12.9. The highest BCUT2D eigenvalue weighted by Crippen LogP contribution is 2.54. The lowest BCUT2D eigenvalue weighted by atomic mass is 9.53. The van der Waals surface area contributed by atoms with Gasteiger partial charge in [0.15, 0.2) is 0 Å². The van der Waals surface area contributed by atoms with E-state index in [1.54, 1.807) is 18.2 Å². The summed E-state index contributed by atoms with van der Waals surface area (Å²) in [6, 6.07) is 7.50. The third-order valence-corrected chi connectivity index (χ3v) is 5.85. The molecule has 1 aromatic rings. The lowest BCUT2D eigenvalue weighted by Gasteiger charge is -2.56. The van der Waals surface area contributed by atoms with Crippen molar-refractivity contribution in [2.45, 2.75) is 50.0 Å². The molecule has 3 aliphatic rings. The Kier molecular flexibility index (Phi) is 3.85. The number of fused-ring (bicyclic) bond motifs is 1. The summed E-state index contributed by atoms with van der Waals surface area (Å²) in [6.45, 7) is 1.19. The molecule has 1 saturated heterocycles. The molecule has 2 aliphatic carbocycles. The van der Waals surface area contributed by atoms with Gasteiger partial charge in [-0.2, -0.15) is 0 Å². The van der Waals surface area contributed by atoms with Gasteiger partial charge in [-0.25, -0.2) is 0 Å². The van der Waals surface area contributed by atoms with Crippen molar-refractivity contribution in [2.75, 3.05) is 13.7 Å². The van der Waals surface area contributed by atoms with Crippen LogP contribution in [-0.2, 0) is 11.8 Å². The van der Waals surface area contributed by atoms with Gasteiger partial charge in [-0.05, 0) is 61.4 Å². The monoisotopic (exact) mass is 337 g/mol. The highest BCUT2D eigenvalue weighted by Gasteiger charge is 2.51. The summed E-state index contributed by atoms with van der Waals surface area (Å²) in [5, 5.41) is 3.78. The van der Waals surface area contributed by atoms with E-state index in [4.69, 9.17) is 4.74 Å². The molecule has 2 fully saturated rings. The summed E-state index contributed by atoms with van der Waals surface area (Å²) in [6.07, 6.45) is 8.15. The van der Waals surface area contributed by atoms with Crippen molar-refractivity contribution in [1.29, 1.82) is 0 Å². The minimum Gasteiger partial charge on any atom is -0.497 e. The molecule has 1 heterocycles. The Morgan fingerprint density at radius 3 is 3.00 bits per heavy atom. The highest BCUT2D eigenvalue weighted by molar-refractivity contribution is 8.93. The summed E-state index contributed by atoms with van der Waals surface area (Å²) >= 11 is 0. The Morgan fingerprint density at radius 2 is 2.15 bits per heavy atom. The summed E-state index contributed by atoms with van der Waals surface area (Å²) in [7, 11) is 1.78. The summed E-state index contributed by atoms with van der Waals surface area (Å²) < 4.78 is 5.48. The molecule has 1 unspecified atom stereocenters. The number of piperidine rings is 1. The Morgan fingerprint density at radius 1 is 1.25 bits per heavy atom. The van der Waals surface area contributed by atoms with E-state index in [1.165, 1.54) is 45.1 Å². The van der Waals surface area contributed by atoms with Gasteiger partial charge in [0.2, 0.25) is 0 Å². The lowest BCUT2D eigenvalue weighted by Crippen LogP contribution is -2.59. The predicted molar refractivity (Wildman–Crippen MR) is 87.1 cm³/mol. The van der Waals surface area contributed by atoms with Gasteiger partial charge in [0.05, 0.1) is 7.11 Å². The number of hydrogen-bond donors (Lipinski definition) is 1. The second kappa shape index (κ2) is 5.34. The molecule has 0 radical (unpaired) electrons. The van der Waals surface area contributed by atoms with Gasteiger partial charge < -0.3 is 10.1 Å². The lowest BCUT2D eigenvalue weighted by molar-refractivity contribution is 0.0795. The van der Waals surface area contributed by atoms with Gasteiger partial charge in [-0.15, -0.1) is 17.0 Å². The molecule has 2 nitrogen and oxygen atoms in total. The van der Waals surface area contributed by atoms with Crippen molar-refractivity contribution in [3.05, 3.63) is 29.3 Å². The van der Waals surface area contributed by atoms with Crippen LogP contribution in [-0.4, -0.2) is 19.7 Å². The van der Waals surface area contributed by atoms with E-state index in [0.717, 1.165) is 17.7 Å². The van der Waals surface area contributed by atoms with Crippen LogP contribution >= 0.6 is 17.0 Å². The SMILES string of the molecule is Br.COc1ccc2c(c1)[C@@]13CCCCC1[C@@H](C2)NCC3. The third-order valence-electron chi connectivity index (χ3n) is 5.85. The number of rotatable bonds is 1. The molecule has 2 bridgehead atoms. The van der Waals surface area contributed by atoms with Crippen LogP contribution in [0.25, 0.3) is 0 Å². The molecule has 1 saturated carbocycles. The second-order valence-corrected chi connectivity index (χ2v) is 6.55. The smallest absolute Gasteiger partial charge is 0.119 e. The number of ether oxygens (including phenoxy) is 1. The number of halogens is 1. The average Bonchev–Trinajstić information content (AvgIpc) is 2.47. The van der Waals surface area contributed by atoms with Crippen LogP contribution in [0.5, 0.6) is 5.75 Å². The molecule has 1 aromatic carbocycles. The fourth-order valence-corrected chi connectivity index (χ4v) is 5.03. The fourth-order valence-electron chi connectivity index (χ4n) is 5.03. The zero-order valence-corrected chi connectivity index (χ0v) is 13.9. The summed E-state index contributed by atoms with van der Waals surface area (Å²) in [4.78, 5) is 0. The molecule has 0 aromatic heterocycles. The molecule has 3 heteroatoms. The van der Waals surface area contributed by atoms with Crippen LogP contribution in [0, 0.1) is 5.92 Å². The van der Waals surface area contributed by atoms with Crippen LogP contribution in [0.15, 0.2) is 18.2 Å². The Balaban J connectivity index is 0.00000121. The summed E-state index contributed by atoms with van der Waals surface area (Å²) in [5.74, 6) is 1.89. The summed E-state index contributed by atoms with van der Waals surface area (Å²) in [5.41, 5.74) is 3.64. The van der Waals surface area contributed by atoms with Gasteiger partial charge in [0.25, 0.3) is 0 Å². The third kappa shape index (κ3) is 1.93. The Labute approximate surface area is 132 Å². The van der Waals surface area contributed by atoms with Crippen molar-refractivity contribution in [2.24, 2.45) is 5.92 Å². The van der Waals surface area contributed by atoms with Crippen LogP contribution in [0.4, 0.5) is 0 Å². The van der Waals surface area contributed by atoms with Gasteiger partial charge in [0, 0.05) is 11.5 Å².